The number of aliphatic hydroxyl groups is 1. The molecule has 2 aromatic heterocycles. The van der Waals surface area contributed by atoms with Gasteiger partial charge in [-0.05, 0) is 13.8 Å². The van der Waals surface area contributed by atoms with Gasteiger partial charge in [0, 0.05) is 7.05 Å². The Bertz CT molecular complexity index is 476. The second kappa shape index (κ2) is 3.71. The smallest absolute Gasteiger partial charge is 0.133 e. The highest BCUT2D eigenvalue weighted by atomic mass is 32.1. The van der Waals surface area contributed by atoms with Crippen LogP contribution >= 0.6 is 11.3 Å². The summed E-state index contributed by atoms with van der Waals surface area (Å²) in [6.07, 6.45) is 0.885. The molecule has 0 amide bonds. The monoisotopic (exact) mass is 224 g/mol. The van der Waals surface area contributed by atoms with Gasteiger partial charge in [-0.15, -0.1) is 16.4 Å². The van der Waals surface area contributed by atoms with Crippen molar-refractivity contribution in [1.82, 2.24) is 20.0 Å². The van der Waals surface area contributed by atoms with E-state index in [9.17, 15) is 5.11 Å². The Kier molecular flexibility index (Phi) is 2.54. The van der Waals surface area contributed by atoms with Crippen LogP contribution in [0.2, 0.25) is 0 Å². The van der Waals surface area contributed by atoms with Crippen molar-refractivity contribution in [2.45, 2.75) is 20.0 Å². The summed E-state index contributed by atoms with van der Waals surface area (Å²) in [5, 5.41) is 18.6. The summed E-state index contributed by atoms with van der Waals surface area (Å²) in [4.78, 5) is 5.14. The molecule has 1 N–H and O–H groups in total. The van der Waals surface area contributed by atoms with Gasteiger partial charge >= 0.3 is 0 Å². The molecule has 0 radical (unpaired) electrons. The Hall–Kier alpha value is -1.27. The first-order chi connectivity index (χ1) is 7.09. The topological polar surface area (TPSA) is 63.8 Å². The second-order valence-corrected chi connectivity index (χ2v) is 4.60. The summed E-state index contributed by atoms with van der Waals surface area (Å²) in [5.74, 6) is 0. The predicted molar refractivity (Wildman–Crippen MR) is 56.7 cm³/mol. The van der Waals surface area contributed by atoms with Gasteiger partial charge in [0.15, 0.2) is 0 Å². The first kappa shape index (κ1) is 10.3. The Morgan fingerprint density at radius 1 is 1.47 bits per heavy atom. The Labute approximate surface area is 91.4 Å². The third-order valence-electron chi connectivity index (χ3n) is 2.22. The van der Waals surface area contributed by atoms with E-state index in [1.54, 1.807) is 17.9 Å². The van der Waals surface area contributed by atoms with Crippen LogP contribution in [0, 0.1) is 13.8 Å². The molecule has 0 aliphatic heterocycles. The lowest BCUT2D eigenvalue weighted by Crippen LogP contribution is -2.06. The number of thiazole rings is 1. The van der Waals surface area contributed by atoms with Crippen LogP contribution in [0.15, 0.2) is 6.20 Å². The predicted octanol–water partition coefficient (Wildman–Crippen LogP) is 0.970. The fraction of sp³-hybridized carbons (Fsp3) is 0.444. The number of hydrogen-bond donors (Lipinski definition) is 1. The minimum atomic E-state index is -0.684. The van der Waals surface area contributed by atoms with E-state index in [1.165, 1.54) is 11.3 Å². The van der Waals surface area contributed by atoms with Crippen molar-refractivity contribution in [2.75, 3.05) is 0 Å². The normalized spacial score (nSPS) is 13.1. The molecule has 0 unspecified atom stereocenters. The molecule has 2 heterocycles. The van der Waals surface area contributed by atoms with Gasteiger partial charge in [0.25, 0.3) is 0 Å². The van der Waals surface area contributed by atoms with Crippen LogP contribution in [0.3, 0.4) is 0 Å². The average molecular weight is 224 g/mol. The minimum absolute atomic E-state index is 0.682. The molecular formula is C9H12N4OS. The van der Waals surface area contributed by atoms with E-state index in [-0.39, 0.29) is 0 Å². The Morgan fingerprint density at radius 3 is 2.67 bits per heavy atom. The van der Waals surface area contributed by atoms with E-state index in [1.807, 2.05) is 13.8 Å². The van der Waals surface area contributed by atoms with Crippen LogP contribution in [-0.4, -0.2) is 25.1 Å². The molecule has 2 rings (SSSR count). The van der Waals surface area contributed by atoms with Crippen molar-refractivity contribution < 1.29 is 5.11 Å². The Balaban J connectivity index is 2.40. The van der Waals surface area contributed by atoms with Crippen LogP contribution in [0.25, 0.3) is 0 Å². The Morgan fingerprint density at radius 2 is 2.20 bits per heavy atom. The lowest BCUT2D eigenvalue weighted by Gasteiger charge is -2.08. The first-order valence-corrected chi connectivity index (χ1v) is 5.38. The molecule has 0 bridgehead atoms. The van der Waals surface area contributed by atoms with E-state index in [4.69, 9.17) is 0 Å². The number of aliphatic hydroxyl groups excluding tert-OH is 1. The SMILES string of the molecule is Cc1nc(C)c([C@H](O)c2cnnn2C)s1. The minimum Gasteiger partial charge on any atom is -0.381 e. The molecule has 6 heteroatoms. The molecule has 15 heavy (non-hydrogen) atoms. The summed E-state index contributed by atoms with van der Waals surface area (Å²) in [7, 11) is 1.76. The van der Waals surface area contributed by atoms with Gasteiger partial charge in [0.2, 0.25) is 0 Å². The lowest BCUT2D eigenvalue weighted by molar-refractivity contribution is 0.212. The summed E-state index contributed by atoms with van der Waals surface area (Å²) in [6, 6.07) is 0. The van der Waals surface area contributed by atoms with Crippen LogP contribution in [0.4, 0.5) is 0 Å². The van der Waals surface area contributed by atoms with Gasteiger partial charge in [-0.3, -0.25) is 0 Å². The molecule has 0 aliphatic rings. The van der Waals surface area contributed by atoms with Crippen LogP contribution < -0.4 is 0 Å². The number of aromatic nitrogens is 4. The van der Waals surface area contributed by atoms with Gasteiger partial charge < -0.3 is 5.11 Å². The first-order valence-electron chi connectivity index (χ1n) is 4.56. The highest BCUT2D eigenvalue weighted by molar-refractivity contribution is 7.11. The molecule has 0 aliphatic carbocycles. The van der Waals surface area contributed by atoms with Crippen molar-refractivity contribution in [3.05, 3.63) is 27.5 Å². The molecule has 0 spiro atoms. The maximum Gasteiger partial charge on any atom is 0.133 e. The molecule has 0 fully saturated rings. The highest BCUT2D eigenvalue weighted by Crippen LogP contribution is 2.28. The summed E-state index contributed by atoms with van der Waals surface area (Å²) in [6.45, 7) is 3.82. The van der Waals surface area contributed by atoms with Crippen LogP contribution in [-0.2, 0) is 7.05 Å². The van der Waals surface area contributed by atoms with Gasteiger partial charge in [0.05, 0.1) is 27.5 Å². The molecule has 0 saturated carbocycles. The largest absolute Gasteiger partial charge is 0.381 e. The fourth-order valence-electron chi connectivity index (χ4n) is 1.48. The number of hydrogen-bond acceptors (Lipinski definition) is 5. The quantitative estimate of drug-likeness (QED) is 0.825. The zero-order valence-corrected chi connectivity index (χ0v) is 9.62. The average Bonchev–Trinajstić information content (AvgIpc) is 2.71. The van der Waals surface area contributed by atoms with Gasteiger partial charge in [0.1, 0.15) is 6.10 Å². The maximum absolute atomic E-state index is 10.1. The third-order valence-corrected chi connectivity index (χ3v) is 3.34. The standard InChI is InChI=1S/C9H12N4OS/c1-5-9(15-6(2)11-5)8(14)7-4-10-12-13(7)3/h4,8,14H,1-3H3/t8-/m1/s1. The van der Waals surface area contributed by atoms with E-state index in [0.29, 0.717) is 5.69 Å². The van der Waals surface area contributed by atoms with Crippen molar-refractivity contribution in [1.29, 1.82) is 0 Å². The number of aryl methyl sites for hydroxylation is 3. The summed E-state index contributed by atoms with van der Waals surface area (Å²) >= 11 is 1.50. The van der Waals surface area contributed by atoms with E-state index >= 15 is 0 Å². The molecular weight excluding hydrogens is 212 g/mol. The van der Waals surface area contributed by atoms with E-state index in [2.05, 4.69) is 15.3 Å². The molecule has 2 aromatic rings. The van der Waals surface area contributed by atoms with E-state index < -0.39 is 6.10 Å². The molecule has 5 nitrogen and oxygen atoms in total. The molecule has 0 saturated heterocycles. The molecule has 80 valence electrons. The molecule has 1 atom stereocenters. The highest BCUT2D eigenvalue weighted by Gasteiger charge is 2.19. The summed E-state index contributed by atoms with van der Waals surface area (Å²) in [5.41, 5.74) is 1.55. The zero-order chi connectivity index (χ0) is 11.0. The molecule has 0 aromatic carbocycles. The van der Waals surface area contributed by atoms with Crippen molar-refractivity contribution in [3.8, 4) is 0 Å². The van der Waals surface area contributed by atoms with Crippen molar-refractivity contribution >= 4 is 11.3 Å². The maximum atomic E-state index is 10.1. The summed E-state index contributed by atoms with van der Waals surface area (Å²) < 4.78 is 1.57. The lowest BCUT2D eigenvalue weighted by atomic mass is 10.2. The van der Waals surface area contributed by atoms with Crippen molar-refractivity contribution in [2.24, 2.45) is 7.05 Å². The third kappa shape index (κ3) is 1.78. The van der Waals surface area contributed by atoms with Gasteiger partial charge in [-0.25, -0.2) is 9.67 Å². The van der Waals surface area contributed by atoms with Crippen LogP contribution in [0.1, 0.15) is 27.4 Å². The fourth-order valence-corrected chi connectivity index (χ4v) is 2.41. The zero-order valence-electron chi connectivity index (χ0n) is 8.80. The van der Waals surface area contributed by atoms with Crippen LogP contribution in [0.5, 0.6) is 0 Å². The van der Waals surface area contributed by atoms with Gasteiger partial charge in [-0.2, -0.15) is 0 Å². The van der Waals surface area contributed by atoms with Crippen molar-refractivity contribution in [3.63, 3.8) is 0 Å². The van der Waals surface area contributed by atoms with Gasteiger partial charge in [-0.1, -0.05) is 5.21 Å². The number of nitrogens with zero attached hydrogens (tertiary/aromatic N) is 4. The number of rotatable bonds is 2. The van der Waals surface area contributed by atoms with E-state index in [0.717, 1.165) is 15.6 Å². The second-order valence-electron chi connectivity index (χ2n) is 3.37.